The molecule has 106 valence electrons. The van der Waals surface area contributed by atoms with E-state index in [1.165, 1.54) is 0 Å². The van der Waals surface area contributed by atoms with Crippen LogP contribution < -0.4 is 5.73 Å². The number of nitrogens with zero attached hydrogens (tertiary/aromatic N) is 4. The van der Waals surface area contributed by atoms with Crippen LogP contribution in [0.2, 0.25) is 0 Å². The summed E-state index contributed by atoms with van der Waals surface area (Å²) in [5, 5.41) is 4.09. The van der Waals surface area contributed by atoms with Gasteiger partial charge in [0, 0.05) is 31.4 Å². The van der Waals surface area contributed by atoms with Gasteiger partial charge in [-0.2, -0.15) is 4.98 Å². The first-order valence-electron chi connectivity index (χ1n) is 6.49. The summed E-state index contributed by atoms with van der Waals surface area (Å²) < 4.78 is 1.64. The van der Waals surface area contributed by atoms with Gasteiger partial charge < -0.3 is 10.6 Å². The molecule has 1 aromatic carbocycles. The number of amides is 1. The van der Waals surface area contributed by atoms with Crippen molar-refractivity contribution in [1.82, 2.24) is 19.5 Å². The van der Waals surface area contributed by atoms with Crippen LogP contribution in [-0.4, -0.2) is 39.5 Å². The maximum atomic E-state index is 11.9. The summed E-state index contributed by atoms with van der Waals surface area (Å²) in [7, 11) is 3.46. The highest BCUT2D eigenvalue weighted by atomic mass is 16.2. The van der Waals surface area contributed by atoms with E-state index in [9.17, 15) is 4.79 Å². The number of carbonyl (C=O) groups is 1. The van der Waals surface area contributed by atoms with Crippen molar-refractivity contribution in [3.05, 3.63) is 48.2 Å². The van der Waals surface area contributed by atoms with Crippen molar-refractivity contribution in [2.24, 2.45) is 0 Å². The predicted molar refractivity (Wildman–Crippen MR) is 80.9 cm³/mol. The summed E-state index contributed by atoms with van der Waals surface area (Å²) in [5.74, 6) is 0.216. The van der Waals surface area contributed by atoms with Gasteiger partial charge in [-0.3, -0.25) is 4.79 Å². The molecule has 0 aliphatic carbocycles. The van der Waals surface area contributed by atoms with Crippen molar-refractivity contribution in [3.8, 4) is 11.1 Å². The molecule has 0 fully saturated rings. The van der Waals surface area contributed by atoms with E-state index in [2.05, 4.69) is 10.1 Å². The number of nitrogens with two attached hydrogens (primary N) is 1. The number of benzene rings is 1. The Bertz CT molecular complexity index is 805. The summed E-state index contributed by atoms with van der Waals surface area (Å²) in [6, 6.07) is 11.2. The van der Waals surface area contributed by atoms with Gasteiger partial charge in [-0.15, -0.1) is 5.10 Å². The number of fused-ring (bicyclic) bond motifs is 1. The fraction of sp³-hybridized carbons (Fsp3) is 0.133. The SMILES string of the molecule is CN(C)C(=O)c1ccc(-c2cccn3nc(N)nc23)cc1. The van der Waals surface area contributed by atoms with Crippen LogP contribution in [0.1, 0.15) is 10.4 Å². The first-order chi connectivity index (χ1) is 10.1. The van der Waals surface area contributed by atoms with Gasteiger partial charge in [0.25, 0.3) is 5.91 Å². The standard InChI is InChI=1S/C15H15N5O/c1-19(2)14(21)11-7-5-10(6-8-11)12-4-3-9-20-13(12)17-15(16)18-20/h3-9H,1-2H3,(H2,16,18). The number of aromatic nitrogens is 3. The summed E-state index contributed by atoms with van der Waals surface area (Å²) in [6.07, 6.45) is 1.80. The van der Waals surface area contributed by atoms with Gasteiger partial charge >= 0.3 is 0 Å². The minimum atomic E-state index is -0.0218. The number of carbonyl (C=O) groups excluding carboxylic acids is 1. The normalized spacial score (nSPS) is 10.8. The smallest absolute Gasteiger partial charge is 0.253 e. The molecule has 21 heavy (non-hydrogen) atoms. The number of pyridine rings is 1. The molecule has 0 spiro atoms. The minimum absolute atomic E-state index is 0.0218. The topological polar surface area (TPSA) is 76.5 Å². The fourth-order valence-electron chi connectivity index (χ4n) is 2.20. The number of hydrogen-bond acceptors (Lipinski definition) is 4. The number of rotatable bonds is 2. The van der Waals surface area contributed by atoms with Gasteiger partial charge in [0.2, 0.25) is 5.95 Å². The Kier molecular flexibility index (Phi) is 3.06. The highest BCUT2D eigenvalue weighted by Gasteiger charge is 2.10. The second-order valence-corrected chi connectivity index (χ2v) is 4.94. The zero-order valence-corrected chi connectivity index (χ0v) is 11.8. The second-order valence-electron chi connectivity index (χ2n) is 4.94. The minimum Gasteiger partial charge on any atom is -0.366 e. The molecule has 2 aromatic heterocycles. The van der Waals surface area contributed by atoms with Gasteiger partial charge in [0.05, 0.1) is 0 Å². The molecule has 2 heterocycles. The van der Waals surface area contributed by atoms with E-state index in [1.54, 1.807) is 41.8 Å². The number of hydrogen-bond donors (Lipinski definition) is 1. The Labute approximate surface area is 121 Å². The van der Waals surface area contributed by atoms with Crippen LogP contribution in [0.25, 0.3) is 16.8 Å². The molecule has 0 radical (unpaired) electrons. The molecule has 6 nitrogen and oxygen atoms in total. The molecule has 1 amide bonds. The third-order valence-corrected chi connectivity index (χ3v) is 3.23. The predicted octanol–water partition coefficient (Wildman–Crippen LogP) is 1.68. The van der Waals surface area contributed by atoms with Gasteiger partial charge in [-0.1, -0.05) is 12.1 Å². The fourth-order valence-corrected chi connectivity index (χ4v) is 2.20. The number of anilines is 1. The first-order valence-corrected chi connectivity index (χ1v) is 6.49. The Balaban J connectivity index is 2.05. The third kappa shape index (κ3) is 2.31. The lowest BCUT2D eigenvalue weighted by molar-refractivity contribution is 0.0827. The van der Waals surface area contributed by atoms with Crippen LogP contribution in [0.4, 0.5) is 5.95 Å². The Hall–Kier alpha value is -2.89. The molecule has 0 unspecified atom stereocenters. The molecule has 2 N–H and O–H groups in total. The van der Waals surface area contributed by atoms with E-state index >= 15 is 0 Å². The van der Waals surface area contributed by atoms with E-state index in [0.717, 1.165) is 11.1 Å². The number of nitrogen functional groups attached to an aromatic ring is 1. The van der Waals surface area contributed by atoms with Crippen LogP contribution in [0.3, 0.4) is 0 Å². The van der Waals surface area contributed by atoms with Crippen LogP contribution in [-0.2, 0) is 0 Å². The molecule has 0 aliphatic heterocycles. The third-order valence-electron chi connectivity index (χ3n) is 3.23. The Morgan fingerprint density at radius 1 is 1.19 bits per heavy atom. The molecule has 6 heteroatoms. The lowest BCUT2D eigenvalue weighted by Gasteiger charge is -2.10. The Morgan fingerprint density at radius 3 is 2.57 bits per heavy atom. The molecular weight excluding hydrogens is 266 g/mol. The Morgan fingerprint density at radius 2 is 1.90 bits per heavy atom. The maximum absolute atomic E-state index is 11.9. The highest BCUT2D eigenvalue weighted by Crippen LogP contribution is 2.24. The summed E-state index contributed by atoms with van der Waals surface area (Å²) >= 11 is 0. The van der Waals surface area contributed by atoms with Crippen molar-refractivity contribution < 1.29 is 4.79 Å². The lowest BCUT2D eigenvalue weighted by atomic mass is 10.0. The van der Waals surface area contributed by atoms with Crippen molar-refractivity contribution in [2.75, 3.05) is 19.8 Å². The molecule has 0 bridgehead atoms. The van der Waals surface area contributed by atoms with Crippen molar-refractivity contribution in [3.63, 3.8) is 0 Å². The van der Waals surface area contributed by atoms with Gasteiger partial charge in [-0.25, -0.2) is 4.52 Å². The molecule has 0 saturated heterocycles. The molecule has 3 rings (SSSR count). The van der Waals surface area contributed by atoms with E-state index in [0.29, 0.717) is 11.2 Å². The largest absolute Gasteiger partial charge is 0.366 e. The molecular formula is C15H15N5O. The summed E-state index contributed by atoms with van der Waals surface area (Å²) in [5.41, 5.74) is 8.87. The van der Waals surface area contributed by atoms with Crippen molar-refractivity contribution >= 4 is 17.5 Å². The lowest BCUT2D eigenvalue weighted by Crippen LogP contribution is -2.21. The van der Waals surface area contributed by atoms with Gasteiger partial charge in [0.15, 0.2) is 5.65 Å². The van der Waals surface area contributed by atoms with E-state index in [4.69, 9.17) is 5.73 Å². The first kappa shape index (κ1) is 13.1. The van der Waals surface area contributed by atoms with Gasteiger partial charge in [-0.05, 0) is 29.8 Å². The van der Waals surface area contributed by atoms with Gasteiger partial charge in [0.1, 0.15) is 0 Å². The average molecular weight is 281 g/mol. The van der Waals surface area contributed by atoms with E-state index < -0.39 is 0 Å². The average Bonchev–Trinajstić information content (AvgIpc) is 2.86. The van der Waals surface area contributed by atoms with Crippen molar-refractivity contribution in [2.45, 2.75) is 0 Å². The van der Waals surface area contributed by atoms with Crippen LogP contribution in [0.15, 0.2) is 42.6 Å². The quantitative estimate of drug-likeness (QED) is 0.775. The van der Waals surface area contributed by atoms with Crippen LogP contribution >= 0.6 is 0 Å². The van der Waals surface area contributed by atoms with Crippen LogP contribution in [0, 0.1) is 0 Å². The maximum Gasteiger partial charge on any atom is 0.253 e. The molecule has 3 aromatic rings. The highest BCUT2D eigenvalue weighted by molar-refractivity contribution is 5.94. The van der Waals surface area contributed by atoms with Crippen LogP contribution in [0.5, 0.6) is 0 Å². The second kappa shape index (κ2) is 4.90. The van der Waals surface area contributed by atoms with Crippen molar-refractivity contribution in [1.29, 1.82) is 0 Å². The zero-order chi connectivity index (χ0) is 15.0. The summed E-state index contributed by atoms with van der Waals surface area (Å²) in [6.45, 7) is 0. The molecule has 0 aliphatic rings. The zero-order valence-electron chi connectivity index (χ0n) is 11.8. The van der Waals surface area contributed by atoms with E-state index in [-0.39, 0.29) is 11.9 Å². The monoisotopic (exact) mass is 281 g/mol. The van der Waals surface area contributed by atoms with E-state index in [1.807, 2.05) is 24.3 Å². The molecule has 0 saturated carbocycles. The molecule has 0 atom stereocenters. The summed E-state index contributed by atoms with van der Waals surface area (Å²) in [4.78, 5) is 17.7.